The third kappa shape index (κ3) is 5.06. The van der Waals surface area contributed by atoms with Crippen molar-refractivity contribution >= 4 is 34.8 Å². The van der Waals surface area contributed by atoms with E-state index in [1.807, 2.05) is 44.2 Å². The molecule has 3 rings (SSSR count). The van der Waals surface area contributed by atoms with E-state index in [1.54, 1.807) is 22.9 Å². The molecule has 0 saturated heterocycles. The highest BCUT2D eigenvalue weighted by Crippen LogP contribution is 2.28. The summed E-state index contributed by atoms with van der Waals surface area (Å²) in [4.78, 5) is 12.3. The quantitative estimate of drug-likeness (QED) is 0.558. The highest BCUT2D eigenvalue weighted by Gasteiger charge is 2.15. The molecule has 146 valence electrons. The van der Waals surface area contributed by atoms with Gasteiger partial charge in [-0.2, -0.15) is 5.10 Å². The van der Waals surface area contributed by atoms with Crippen LogP contribution in [0.4, 0.5) is 5.69 Å². The molecule has 0 aliphatic heterocycles. The number of aromatic nitrogens is 2. The highest BCUT2D eigenvalue weighted by molar-refractivity contribution is 6.35. The minimum Gasteiger partial charge on any atom is -0.470 e. The third-order valence-corrected chi connectivity index (χ3v) is 4.90. The Labute approximate surface area is 174 Å². The van der Waals surface area contributed by atoms with Gasteiger partial charge in [-0.05, 0) is 44.0 Å². The van der Waals surface area contributed by atoms with Crippen molar-refractivity contribution in [1.29, 1.82) is 0 Å². The van der Waals surface area contributed by atoms with E-state index in [2.05, 4.69) is 10.4 Å². The zero-order chi connectivity index (χ0) is 20.1. The number of nitrogens with one attached hydrogen (secondary N) is 1. The predicted octanol–water partition coefficient (Wildman–Crippen LogP) is 5.41. The molecule has 0 atom stereocenters. The first-order valence-electron chi connectivity index (χ1n) is 8.89. The predicted molar refractivity (Wildman–Crippen MR) is 112 cm³/mol. The van der Waals surface area contributed by atoms with Crippen LogP contribution in [-0.2, 0) is 17.9 Å². The Bertz CT molecular complexity index is 971. The van der Waals surface area contributed by atoms with Crippen molar-refractivity contribution in [2.24, 2.45) is 0 Å². The van der Waals surface area contributed by atoms with E-state index in [1.165, 1.54) is 0 Å². The van der Waals surface area contributed by atoms with E-state index >= 15 is 0 Å². The van der Waals surface area contributed by atoms with Crippen molar-refractivity contribution in [1.82, 2.24) is 9.78 Å². The fourth-order valence-electron chi connectivity index (χ4n) is 2.83. The molecular formula is C21H21Cl2N3O2. The van der Waals surface area contributed by atoms with Crippen molar-refractivity contribution < 1.29 is 9.53 Å². The molecule has 0 aliphatic rings. The van der Waals surface area contributed by atoms with Crippen LogP contribution < -0.4 is 10.1 Å². The average molecular weight is 418 g/mol. The maximum absolute atomic E-state index is 12.3. The van der Waals surface area contributed by atoms with Crippen LogP contribution in [0.25, 0.3) is 0 Å². The fraction of sp³-hybridized carbons (Fsp3) is 0.238. The molecule has 0 spiro atoms. The lowest BCUT2D eigenvalue weighted by Gasteiger charge is -2.10. The van der Waals surface area contributed by atoms with Gasteiger partial charge in [0.15, 0.2) is 6.73 Å². The zero-order valence-electron chi connectivity index (χ0n) is 15.7. The molecule has 3 aromatic rings. The molecule has 0 unspecified atom stereocenters. The Morgan fingerprint density at radius 3 is 2.61 bits per heavy atom. The largest absolute Gasteiger partial charge is 0.470 e. The number of anilines is 1. The van der Waals surface area contributed by atoms with Crippen LogP contribution in [0.3, 0.4) is 0 Å². The first kappa shape index (κ1) is 20.2. The second kappa shape index (κ2) is 9.13. The summed E-state index contributed by atoms with van der Waals surface area (Å²) in [5, 5.41) is 8.40. The van der Waals surface area contributed by atoms with Crippen molar-refractivity contribution in [3.05, 3.63) is 75.5 Å². The first-order chi connectivity index (χ1) is 13.4. The molecule has 2 aromatic carbocycles. The smallest absolute Gasteiger partial charge is 0.224 e. The number of ether oxygens (including phenoxy) is 1. The van der Waals surface area contributed by atoms with Gasteiger partial charge in [0, 0.05) is 11.4 Å². The van der Waals surface area contributed by atoms with Gasteiger partial charge in [0.05, 0.1) is 22.1 Å². The summed E-state index contributed by atoms with van der Waals surface area (Å²) in [7, 11) is 0. The van der Waals surface area contributed by atoms with E-state index in [9.17, 15) is 4.79 Å². The molecule has 28 heavy (non-hydrogen) atoms. The van der Waals surface area contributed by atoms with Gasteiger partial charge in [0.25, 0.3) is 0 Å². The van der Waals surface area contributed by atoms with Crippen LogP contribution in [0, 0.1) is 13.8 Å². The van der Waals surface area contributed by atoms with Crippen LogP contribution in [0.15, 0.2) is 48.5 Å². The summed E-state index contributed by atoms with van der Waals surface area (Å²) in [5.74, 6) is 0.475. The van der Waals surface area contributed by atoms with Crippen molar-refractivity contribution in [3.63, 3.8) is 0 Å². The van der Waals surface area contributed by atoms with Gasteiger partial charge < -0.3 is 10.1 Å². The van der Waals surface area contributed by atoms with Crippen LogP contribution in [0.2, 0.25) is 10.0 Å². The molecule has 1 heterocycles. The molecule has 1 aromatic heterocycles. The van der Waals surface area contributed by atoms with Crippen LogP contribution in [0.1, 0.15) is 23.4 Å². The summed E-state index contributed by atoms with van der Waals surface area (Å²) in [6, 6.07) is 15.0. The maximum Gasteiger partial charge on any atom is 0.224 e. The Morgan fingerprint density at radius 1 is 1.14 bits per heavy atom. The van der Waals surface area contributed by atoms with E-state index < -0.39 is 0 Å². The number of rotatable bonds is 7. The fourth-order valence-corrected chi connectivity index (χ4v) is 3.29. The van der Waals surface area contributed by atoms with E-state index in [4.69, 9.17) is 27.9 Å². The van der Waals surface area contributed by atoms with Crippen LogP contribution >= 0.6 is 23.2 Å². The zero-order valence-corrected chi connectivity index (χ0v) is 17.2. The van der Waals surface area contributed by atoms with E-state index in [0.717, 1.165) is 17.0 Å². The number of hydrogen-bond donors (Lipinski definition) is 1. The highest BCUT2D eigenvalue weighted by atomic mass is 35.5. The van der Waals surface area contributed by atoms with Gasteiger partial charge >= 0.3 is 0 Å². The molecule has 7 heteroatoms. The molecule has 1 amide bonds. The molecule has 0 bridgehead atoms. The Balaban J connectivity index is 1.62. The van der Waals surface area contributed by atoms with Gasteiger partial charge in [-0.25, -0.2) is 4.68 Å². The lowest BCUT2D eigenvalue weighted by Crippen LogP contribution is -2.14. The minimum absolute atomic E-state index is 0.0451. The normalized spacial score (nSPS) is 10.7. The SMILES string of the molecule is Cc1nn(COc2ccc(Cl)cc2Cl)c(C)c1NC(=O)CCc1ccccc1. The monoisotopic (exact) mass is 417 g/mol. The van der Waals surface area contributed by atoms with Crippen molar-refractivity contribution in [2.45, 2.75) is 33.4 Å². The number of hydrogen-bond acceptors (Lipinski definition) is 3. The van der Waals surface area contributed by atoms with Gasteiger partial charge in [-0.3, -0.25) is 4.79 Å². The number of aryl methyl sites for hydroxylation is 2. The van der Waals surface area contributed by atoms with Crippen molar-refractivity contribution in [2.75, 3.05) is 5.32 Å². The number of nitrogens with zero attached hydrogens (tertiary/aromatic N) is 2. The first-order valence-corrected chi connectivity index (χ1v) is 9.65. The molecule has 0 saturated carbocycles. The summed E-state index contributed by atoms with van der Waals surface area (Å²) in [6.45, 7) is 3.92. The standard InChI is InChI=1S/C21H21Cl2N3O2/c1-14-21(24-20(27)11-8-16-6-4-3-5-7-16)15(2)26(25-14)13-28-19-10-9-17(22)12-18(19)23/h3-7,9-10,12H,8,11,13H2,1-2H3,(H,24,27). The Morgan fingerprint density at radius 2 is 1.89 bits per heavy atom. The molecule has 1 N–H and O–H groups in total. The second-order valence-electron chi connectivity index (χ2n) is 6.43. The number of carbonyl (C=O) groups is 1. The maximum atomic E-state index is 12.3. The summed E-state index contributed by atoms with van der Waals surface area (Å²) in [5.41, 5.74) is 3.39. The number of carbonyl (C=O) groups excluding carboxylic acids is 1. The summed E-state index contributed by atoms with van der Waals surface area (Å²) >= 11 is 12.0. The van der Waals surface area contributed by atoms with E-state index in [-0.39, 0.29) is 12.6 Å². The third-order valence-electron chi connectivity index (χ3n) is 4.37. The molecule has 0 fully saturated rings. The number of benzene rings is 2. The lowest BCUT2D eigenvalue weighted by atomic mass is 10.1. The van der Waals surface area contributed by atoms with Gasteiger partial charge in [-0.15, -0.1) is 0 Å². The Kier molecular flexibility index (Phi) is 6.60. The summed E-state index contributed by atoms with van der Waals surface area (Å²) < 4.78 is 7.42. The number of halogens is 2. The van der Waals surface area contributed by atoms with Gasteiger partial charge in [0.1, 0.15) is 5.75 Å². The topological polar surface area (TPSA) is 56.1 Å². The molecule has 0 radical (unpaired) electrons. The minimum atomic E-state index is -0.0451. The number of amides is 1. The second-order valence-corrected chi connectivity index (χ2v) is 7.27. The molecular weight excluding hydrogens is 397 g/mol. The van der Waals surface area contributed by atoms with Crippen LogP contribution in [0.5, 0.6) is 5.75 Å². The lowest BCUT2D eigenvalue weighted by molar-refractivity contribution is -0.116. The van der Waals surface area contributed by atoms with Gasteiger partial charge in [-0.1, -0.05) is 53.5 Å². The van der Waals surface area contributed by atoms with Crippen LogP contribution in [-0.4, -0.2) is 15.7 Å². The van der Waals surface area contributed by atoms with Crippen molar-refractivity contribution in [3.8, 4) is 5.75 Å². The van der Waals surface area contributed by atoms with E-state index in [0.29, 0.717) is 34.3 Å². The molecule has 0 aliphatic carbocycles. The Hall–Kier alpha value is -2.50. The summed E-state index contributed by atoms with van der Waals surface area (Å²) in [6.07, 6.45) is 1.10. The average Bonchev–Trinajstić information content (AvgIpc) is 2.94. The van der Waals surface area contributed by atoms with Gasteiger partial charge in [0.2, 0.25) is 5.91 Å². The molecule has 5 nitrogen and oxygen atoms in total.